The van der Waals surface area contributed by atoms with Crippen LogP contribution in [0.2, 0.25) is 0 Å². The normalized spacial score (nSPS) is 14.5. The molecule has 2 heterocycles. The van der Waals surface area contributed by atoms with Crippen LogP contribution in [0.3, 0.4) is 0 Å². The second kappa shape index (κ2) is 4.23. The van der Waals surface area contributed by atoms with Crippen LogP contribution in [0.1, 0.15) is 11.1 Å². The highest BCUT2D eigenvalue weighted by molar-refractivity contribution is 5.87. The Bertz CT molecular complexity index is 777. The first-order valence-corrected chi connectivity index (χ1v) is 6.73. The molecule has 0 bridgehead atoms. The van der Waals surface area contributed by atoms with E-state index in [1.54, 1.807) is 0 Å². The molecule has 0 saturated carbocycles. The molecule has 0 fully saturated rings. The molecule has 4 rings (SSSR count). The molecular weight excluding hydrogens is 250 g/mol. The van der Waals surface area contributed by atoms with E-state index >= 15 is 0 Å². The van der Waals surface area contributed by atoms with Crippen molar-refractivity contribution in [3.05, 3.63) is 47.5 Å². The van der Waals surface area contributed by atoms with Gasteiger partial charge in [-0.15, -0.1) is 0 Å². The lowest BCUT2D eigenvalue weighted by Crippen LogP contribution is -2.30. The van der Waals surface area contributed by atoms with Crippen LogP contribution in [0.4, 0.5) is 11.4 Å². The first-order valence-electron chi connectivity index (χ1n) is 6.73. The average Bonchev–Trinajstić information content (AvgIpc) is 2.94. The zero-order chi connectivity index (χ0) is 13.5. The number of para-hydroxylation sites is 1. The van der Waals surface area contributed by atoms with Crippen molar-refractivity contribution in [1.82, 2.24) is 15.4 Å². The van der Waals surface area contributed by atoms with E-state index in [9.17, 15) is 0 Å². The molecule has 1 aromatic heterocycles. The van der Waals surface area contributed by atoms with Gasteiger partial charge in [0.1, 0.15) is 11.0 Å². The molecule has 0 atom stereocenters. The predicted molar refractivity (Wildman–Crippen MR) is 79.5 cm³/mol. The first kappa shape index (κ1) is 11.3. The fourth-order valence-electron chi connectivity index (χ4n) is 2.89. The number of nitrogens with zero attached hydrogens (tertiary/aromatic N) is 3. The van der Waals surface area contributed by atoms with Crippen molar-refractivity contribution in [2.75, 3.05) is 17.2 Å². The SMILES string of the molecule is Nc1ccc2c(c1)CN(c1cccc3n[nH]nc13)CC2. The van der Waals surface area contributed by atoms with Gasteiger partial charge in [-0.05, 0) is 41.8 Å². The Labute approximate surface area is 116 Å². The number of H-pyrrole nitrogens is 1. The molecule has 0 radical (unpaired) electrons. The summed E-state index contributed by atoms with van der Waals surface area (Å²) in [6, 6.07) is 12.3. The van der Waals surface area contributed by atoms with Crippen molar-refractivity contribution in [2.24, 2.45) is 0 Å². The third-order valence-corrected chi connectivity index (χ3v) is 3.91. The highest BCUT2D eigenvalue weighted by Gasteiger charge is 2.19. The van der Waals surface area contributed by atoms with Crippen LogP contribution in [0, 0.1) is 0 Å². The van der Waals surface area contributed by atoms with E-state index in [1.807, 2.05) is 18.2 Å². The molecule has 0 unspecified atom stereocenters. The molecule has 0 saturated heterocycles. The third kappa shape index (κ3) is 1.71. The van der Waals surface area contributed by atoms with Gasteiger partial charge in [0.05, 0.1) is 5.69 Å². The lowest BCUT2D eigenvalue weighted by Gasteiger charge is -2.30. The molecule has 5 nitrogen and oxygen atoms in total. The van der Waals surface area contributed by atoms with Crippen molar-refractivity contribution < 1.29 is 0 Å². The summed E-state index contributed by atoms with van der Waals surface area (Å²) in [5, 5.41) is 11.1. The number of hydrogen-bond donors (Lipinski definition) is 2. The Morgan fingerprint density at radius 2 is 2.05 bits per heavy atom. The van der Waals surface area contributed by atoms with Crippen LogP contribution >= 0.6 is 0 Å². The van der Waals surface area contributed by atoms with Gasteiger partial charge in [-0.3, -0.25) is 0 Å². The molecule has 100 valence electrons. The molecule has 1 aliphatic rings. The Hall–Kier alpha value is -2.56. The van der Waals surface area contributed by atoms with Crippen LogP contribution in [0.15, 0.2) is 36.4 Å². The maximum absolute atomic E-state index is 5.89. The zero-order valence-corrected chi connectivity index (χ0v) is 11.0. The second-order valence-electron chi connectivity index (χ2n) is 5.17. The molecular formula is C15H15N5. The van der Waals surface area contributed by atoms with Gasteiger partial charge < -0.3 is 10.6 Å². The molecule has 5 heteroatoms. The van der Waals surface area contributed by atoms with E-state index in [1.165, 1.54) is 11.1 Å². The zero-order valence-electron chi connectivity index (χ0n) is 11.0. The molecule has 20 heavy (non-hydrogen) atoms. The molecule has 1 aliphatic heterocycles. The van der Waals surface area contributed by atoms with Gasteiger partial charge in [-0.25, -0.2) is 0 Å². The Morgan fingerprint density at radius 3 is 3.00 bits per heavy atom. The summed E-state index contributed by atoms with van der Waals surface area (Å²) in [4.78, 5) is 2.34. The molecule has 0 aliphatic carbocycles. The Balaban J connectivity index is 1.76. The van der Waals surface area contributed by atoms with Crippen LogP contribution in [-0.2, 0) is 13.0 Å². The van der Waals surface area contributed by atoms with Gasteiger partial charge in [0.15, 0.2) is 0 Å². The maximum atomic E-state index is 5.89. The fraction of sp³-hybridized carbons (Fsp3) is 0.200. The summed E-state index contributed by atoms with van der Waals surface area (Å²) in [7, 11) is 0. The number of aromatic amines is 1. The topological polar surface area (TPSA) is 70.8 Å². The standard InChI is InChI=1S/C15H15N5/c16-12-5-4-10-6-7-20(9-11(10)8-12)14-3-1-2-13-15(14)18-19-17-13/h1-5,8H,6-7,9,16H2,(H,17,18,19). The molecule has 0 amide bonds. The predicted octanol–water partition coefficient (Wildman–Crippen LogP) is 2.10. The summed E-state index contributed by atoms with van der Waals surface area (Å²) in [6.07, 6.45) is 1.03. The van der Waals surface area contributed by atoms with Gasteiger partial charge >= 0.3 is 0 Å². The van der Waals surface area contributed by atoms with Crippen molar-refractivity contribution >= 4 is 22.4 Å². The number of benzene rings is 2. The smallest absolute Gasteiger partial charge is 0.136 e. The van der Waals surface area contributed by atoms with E-state index in [-0.39, 0.29) is 0 Å². The summed E-state index contributed by atoms with van der Waals surface area (Å²) in [5.41, 5.74) is 12.4. The molecule has 3 aromatic rings. The van der Waals surface area contributed by atoms with E-state index in [2.05, 4.69) is 38.5 Å². The quantitative estimate of drug-likeness (QED) is 0.661. The lowest BCUT2D eigenvalue weighted by molar-refractivity contribution is 0.734. The summed E-state index contributed by atoms with van der Waals surface area (Å²) < 4.78 is 0. The number of anilines is 2. The van der Waals surface area contributed by atoms with Crippen LogP contribution < -0.4 is 10.6 Å². The van der Waals surface area contributed by atoms with Gasteiger partial charge in [-0.1, -0.05) is 12.1 Å². The number of nitrogens with two attached hydrogens (primary N) is 1. The third-order valence-electron chi connectivity index (χ3n) is 3.91. The van der Waals surface area contributed by atoms with Crippen molar-refractivity contribution in [1.29, 1.82) is 0 Å². The molecule has 3 N–H and O–H groups in total. The highest BCUT2D eigenvalue weighted by Crippen LogP contribution is 2.29. The van der Waals surface area contributed by atoms with Gasteiger partial charge in [-0.2, -0.15) is 15.4 Å². The highest BCUT2D eigenvalue weighted by atomic mass is 15.3. The monoisotopic (exact) mass is 265 g/mol. The minimum Gasteiger partial charge on any atom is -0.399 e. The van der Waals surface area contributed by atoms with E-state index in [0.29, 0.717) is 0 Å². The van der Waals surface area contributed by atoms with Gasteiger partial charge in [0, 0.05) is 18.8 Å². The van der Waals surface area contributed by atoms with E-state index in [4.69, 9.17) is 5.73 Å². The lowest BCUT2D eigenvalue weighted by atomic mass is 9.98. The van der Waals surface area contributed by atoms with E-state index < -0.39 is 0 Å². The number of aromatic nitrogens is 3. The molecule has 0 spiro atoms. The van der Waals surface area contributed by atoms with Crippen LogP contribution in [0.5, 0.6) is 0 Å². The summed E-state index contributed by atoms with van der Waals surface area (Å²) >= 11 is 0. The van der Waals surface area contributed by atoms with E-state index in [0.717, 1.165) is 41.9 Å². The van der Waals surface area contributed by atoms with Gasteiger partial charge in [0.2, 0.25) is 0 Å². The maximum Gasteiger partial charge on any atom is 0.136 e. The first-order chi connectivity index (χ1) is 9.81. The Morgan fingerprint density at radius 1 is 1.10 bits per heavy atom. The molecule has 2 aromatic carbocycles. The fourth-order valence-corrected chi connectivity index (χ4v) is 2.89. The summed E-state index contributed by atoms with van der Waals surface area (Å²) in [5.74, 6) is 0. The van der Waals surface area contributed by atoms with Crippen LogP contribution in [-0.4, -0.2) is 22.0 Å². The second-order valence-corrected chi connectivity index (χ2v) is 5.17. The minimum absolute atomic E-state index is 0.824. The largest absolute Gasteiger partial charge is 0.399 e. The average molecular weight is 265 g/mol. The van der Waals surface area contributed by atoms with Crippen molar-refractivity contribution in [2.45, 2.75) is 13.0 Å². The number of rotatable bonds is 1. The van der Waals surface area contributed by atoms with Crippen LogP contribution in [0.25, 0.3) is 11.0 Å². The van der Waals surface area contributed by atoms with Gasteiger partial charge in [0.25, 0.3) is 0 Å². The summed E-state index contributed by atoms with van der Waals surface area (Å²) in [6.45, 7) is 1.86. The number of fused-ring (bicyclic) bond motifs is 2. The Kier molecular flexibility index (Phi) is 2.39. The minimum atomic E-state index is 0.824. The number of hydrogen-bond acceptors (Lipinski definition) is 4. The van der Waals surface area contributed by atoms with Crippen molar-refractivity contribution in [3.63, 3.8) is 0 Å². The number of nitrogens with one attached hydrogen (secondary N) is 1. The van der Waals surface area contributed by atoms with Crippen molar-refractivity contribution in [3.8, 4) is 0 Å². The number of nitrogen functional groups attached to an aromatic ring is 1.